The lowest BCUT2D eigenvalue weighted by molar-refractivity contribution is 0.195. The van der Waals surface area contributed by atoms with Crippen LogP contribution in [0.5, 0.6) is 5.75 Å². The molecule has 1 N–H and O–H groups in total. The number of hydrogen-bond donors (Lipinski definition) is 1. The summed E-state index contributed by atoms with van der Waals surface area (Å²) in [6.07, 6.45) is 2.28. The number of hydrogen-bond acceptors (Lipinski definition) is 3. The van der Waals surface area contributed by atoms with Gasteiger partial charge in [-0.1, -0.05) is 25.1 Å². The molecule has 3 heteroatoms. The minimum Gasteiger partial charge on any atom is -0.496 e. The van der Waals surface area contributed by atoms with Gasteiger partial charge in [-0.05, 0) is 18.2 Å². The number of rotatable bonds is 5. The highest BCUT2D eigenvalue weighted by molar-refractivity contribution is 5.40. The van der Waals surface area contributed by atoms with Crippen LogP contribution in [-0.2, 0) is 11.8 Å². The Morgan fingerprint density at radius 1 is 1.22 bits per heavy atom. The van der Waals surface area contributed by atoms with E-state index in [2.05, 4.69) is 0 Å². The molecule has 0 bridgehead atoms. The van der Waals surface area contributed by atoms with E-state index in [0.29, 0.717) is 6.42 Å². The SMILES string of the molecule is COc1ccccc1C(C)(CO)Cc1ccco1. The number of aliphatic hydroxyl groups is 1. The Kier molecular flexibility index (Phi) is 3.72. The van der Waals surface area contributed by atoms with Crippen LogP contribution in [0.4, 0.5) is 0 Å². The van der Waals surface area contributed by atoms with Crippen molar-refractivity contribution in [3.63, 3.8) is 0 Å². The lowest BCUT2D eigenvalue weighted by Crippen LogP contribution is -2.29. The van der Waals surface area contributed by atoms with Gasteiger partial charge in [-0.15, -0.1) is 0 Å². The maximum absolute atomic E-state index is 9.76. The van der Waals surface area contributed by atoms with Crippen LogP contribution in [-0.4, -0.2) is 18.8 Å². The van der Waals surface area contributed by atoms with Crippen LogP contribution in [0.2, 0.25) is 0 Å². The second-order valence-corrected chi connectivity index (χ2v) is 4.68. The summed E-state index contributed by atoms with van der Waals surface area (Å²) >= 11 is 0. The first-order valence-electron chi connectivity index (χ1n) is 5.96. The molecule has 0 aliphatic carbocycles. The summed E-state index contributed by atoms with van der Waals surface area (Å²) in [7, 11) is 1.64. The lowest BCUT2D eigenvalue weighted by atomic mass is 9.79. The van der Waals surface area contributed by atoms with Crippen LogP contribution in [0.15, 0.2) is 47.1 Å². The average Bonchev–Trinajstić information content (AvgIpc) is 2.91. The summed E-state index contributed by atoms with van der Waals surface area (Å²) in [5, 5.41) is 9.76. The van der Waals surface area contributed by atoms with Crippen LogP contribution >= 0.6 is 0 Å². The zero-order chi connectivity index (χ0) is 13.0. The second kappa shape index (κ2) is 5.27. The molecule has 1 unspecified atom stereocenters. The molecule has 1 aromatic carbocycles. The fourth-order valence-corrected chi connectivity index (χ4v) is 2.18. The van der Waals surface area contributed by atoms with E-state index < -0.39 is 5.41 Å². The molecule has 1 aromatic heterocycles. The van der Waals surface area contributed by atoms with Gasteiger partial charge in [-0.3, -0.25) is 0 Å². The third kappa shape index (κ3) is 2.41. The molecule has 0 saturated heterocycles. The van der Waals surface area contributed by atoms with Gasteiger partial charge < -0.3 is 14.3 Å². The highest BCUT2D eigenvalue weighted by atomic mass is 16.5. The molecule has 96 valence electrons. The first kappa shape index (κ1) is 12.7. The first-order chi connectivity index (χ1) is 8.69. The summed E-state index contributed by atoms with van der Waals surface area (Å²) in [5.41, 5.74) is 0.580. The molecule has 0 amide bonds. The van der Waals surface area contributed by atoms with Crippen LogP contribution < -0.4 is 4.74 Å². The molecule has 0 radical (unpaired) electrons. The maximum Gasteiger partial charge on any atom is 0.122 e. The number of ether oxygens (including phenoxy) is 1. The summed E-state index contributed by atoms with van der Waals surface area (Å²) in [4.78, 5) is 0. The Bertz CT molecular complexity index is 490. The predicted molar refractivity (Wildman–Crippen MR) is 69.8 cm³/mol. The van der Waals surface area contributed by atoms with E-state index >= 15 is 0 Å². The van der Waals surface area contributed by atoms with Crippen molar-refractivity contribution in [2.75, 3.05) is 13.7 Å². The van der Waals surface area contributed by atoms with Crippen molar-refractivity contribution in [3.8, 4) is 5.75 Å². The van der Waals surface area contributed by atoms with Gasteiger partial charge in [0.1, 0.15) is 11.5 Å². The monoisotopic (exact) mass is 246 g/mol. The number of furan rings is 1. The topological polar surface area (TPSA) is 42.6 Å². The summed E-state index contributed by atoms with van der Waals surface area (Å²) < 4.78 is 10.7. The van der Waals surface area contributed by atoms with E-state index in [0.717, 1.165) is 17.1 Å². The second-order valence-electron chi connectivity index (χ2n) is 4.68. The lowest BCUT2D eigenvalue weighted by Gasteiger charge is -2.28. The molecule has 1 heterocycles. The third-order valence-electron chi connectivity index (χ3n) is 3.25. The van der Waals surface area contributed by atoms with Crippen LogP contribution in [0.3, 0.4) is 0 Å². The van der Waals surface area contributed by atoms with Crippen molar-refractivity contribution < 1.29 is 14.3 Å². The van der Waals surface area contributed by atoms with Crippen LogP contribution in [0, 0.1) is 0 Å². The van der Waals surface area contributed by atoms with Gasteiger partial charge in [0.2, 0.25) is 0 Å². The summed E-state index contributed by atoms with van der Waals surface area (Å²) in [5.74, 6) is 1.65. The molecule has 0 aliphatic heterocycles. The molecule has 0 fully saturated rings. The standard InChI is InChI=1S/C15H18O3/c1-15(11-16,10-12-6-5-9-18-12)13-7-3-4-8-14(13)17-2/h3-9,16H,10-11H2,1-2H3. The van der Waals surface area contributed by atoms with Gasteiger partial charge in [0.15, 0.2) is 0 Å². The first-order valence-corrected chi connectivity index (χ1v) is 5.96. The number of methoxy groups -OCH3 is 1. The Labute approximate surface area is 107 Å². The van der Waals surface area contributed by atoms with E-state index in [4.69, 9.17) is 9.15 Å². The van der Waals surface area contributed by atoms with E-state index in [1.807, 2.05) is 43.3 Å². The van der Waals surface area contributed by atoms with Crippen molar-refractivity contribution >= 4 is 0 Å². The van der Waals surface area contributed by atoms with Crippen LogP contribution in [0.1, 0.15) is 18.2 Å². The average molecular weight is 246 g/mol. The van der Waals surface area contributed by atoms with Crippen LogP contribution in [0.25, 0.3) is 0 Å². The van der Waals surface area contributed by atoms with Gasteiger partial charge in [0, 0.05) is 17.4 Å². The number of aliphatic hydroxyl groups excluding tert-OH is 1. The zero-order valence-electron chi connectivity index (χ0n) is 10.7. The number of benzene rings is 1. The molecule has 3 nitrogen and oxygen atoms in total. The molecule has 2 aromatic rings. The minimum atomic E-state index is -0.412. The van der Waals surface area contributed by atoms with Gasteiger partial charge in [-0.25, -0.2) is 0 Å². The fourth-order valence-electron chi connectivity index (χ4n) is 2.18. The number of para-hydroxylation sites is 1. The van der Waals surface area contributed by atoms with Crippen molar-refractivity contribution in [2.45, 2.75) is 18.8 Å². The normalized spacial score (nSPS) is 14.2. The van der Waals surface area contributed by atoms with Gasteiger partial charge >= 0.3 is 0 Å². The Hall–Kier alpha value is -1.74. The summed E-state index contributed by atoms with van der Waals surface area (Å²) in [6, 6.07) is 11.5. The van der Waals surface area contributed by atoms with Crippen molar-refractivity contribution in [2.24, 2.45) is 0 Å². The fraction of sp³-hybridized carbons (Fsp3) is 0.333. The molecule has 18 heavy (non-hydrogen) atoms. The Morgan fingerprint density at radius 3 is 2.61 bits per heavy atom. The van der Waals surface area contributed by atoms with Crippen molar-refractivity contribution in [1.29, 1.82) is 0 Å². The summed E-state index contributed by atoms with van der Waals surface area (Å²) in [6.45, 7) is 2.04. The molecule has 2 rings (SSSR count). The van der Waals surface area contributed by atoms with Crippen molar-refractivity contribution in [3.05, 3.63) is 54.0 Å². The molecular weight excluding hydrogens is 228 g/mol. The smallest absolute Gasteiger partial charge is 0.122 e. The highest BCUT2D eigenvalue weighted by Gasteiger charge is 2.30. The molecule has 1 atom stereocenters. The zero-order valence-corrected chi connectivity index (χ0v) is 10.7. The molecule has 0 saturated carbocycles. The van der Waals surface area contributed by atoms with Crippen molar-refractivity contribution in [1.82, 2.24) is 0 Å². The largest absolute Gasteiger partial charge is 0.496 e. The van der Waals surface area contributed by atoms with E-state index in [-0.39, 0.29) is 6.61 Å². The van der Waals surface area contributed by atoms with Gasteiger partial charge in [0.25, 0.3) is 0 Å². The third-order valence-corrected chi connectivity index (χ3v) is 3.25. The molecular formula is C15H18O3. The maximum atomic E-state index is 9.76. The van der Waals surface area contributed by atoms with E-state index in [9.17, 15) is 5.11 Å². The van der Waals surface area contributed by atoms with E-state index in [1.54, 1.807) is 13.4 Å². The Balaban J connectivity index is 2.36. The van der Waals surface area contributed by atoms with Gasteiger partial charge in [-0.2, -0.15) is 0 Å². The molecule has 0 aliphatic rings. The Morgan fingerprint density at radius 2 is 2.00 bits per heavy atom. The minimum absolute atomic E-state index is 0.0358. The van der Waals surface area contributed by atoms with E-state index in [1.165, 1.54) is 0 Å². The predicted octanol–water partition coefficient (Wildman–Crippen LogP) is 2.78. The highest BCUT2D eigenvalue weighted by Crippen LogP contribution is 2.34. The van der Waals surface area contributed by atoms with Gasteiger partial charge in [0.05, 0.1) is 20.0 Å². The quantitative estimate of drug-likeness (QED) is 0.882. The molecule has 0 spiro atoms.